The molecule has 2 heterocycles. The van der Waals surface area contributed by atoms with Gasteiger partial charge in [-0.15, -0.1) is 0 Å². The van der Waals surface area contributed by atoms with Crippen LogP contribution in [0.2, 0.25) is 10.0 Å². The van der Waals surface area contributed by atoms with Crippen molar-refractivity contribution in [2.75, 3.05) is 7.11 Å². The van der Waals surface area contributed by atoms with E-state index in [9.17, 15) is 4.79 Å². The van der Waals surface area contributed by atoms with Crippen molar-refractivity contribution < 1.29 is 4.74 Å². The number of hydrogen-bond donors (Lipinski definition) is 0. The third-order valence-electron chi connectivity index (χ3n) is 6.60. The van der Waals surface area contributed by atoms with Gasteiger partial charge in [-0.3, -0.25) is 9.36 Å². The topological polar surface area (TPSA) is 43.6 Å². The van der Waals surface area contributed by atoms with Gasteiger partial charge in [0, 0.05) is 15.6 Å². The zero-order chi connectivity index (χ0) is 25.0. The SMILES string of the molecule is COc1ccc(C=c2sc3n(c2=O)C(c2ccc(Cl)cc2Cl)C2=C(N=3)c3ccccc3CC2)cc1I. The second kappa shape index (κ2) is 9.49. The fraction of sp³-hybridized carbons (Fsp3) is 0.143. The first-order valence-electron chi connectivity index (χ1n) is 11.4. The monoisotopic (exact) mass is 644 g/mol. The number of nitrogens with zero attached hydrogens (tertiary/aromatic N) is 2. The van der Waals surface area contributed by atoms with Gasteiger partial charge in [-0.25, -0.2) is 4.99 Å². The van der Waals surface area contributed by atoms with Crippen molar-refractivity contribution in [1.29, 1.82) is 0 Å². The highest BCUT2D eigenvalue weighted by atomic mass is 127. The van der Waals surface area contributed by atoms with E-state index in [1.807, 2.05) is 42.5 Å². The molecule has 0 bridgehead atoms. The van der Waals surface area contributed by atoms with Crippen LogP contribution in [0.1, 0.15) is 34.7 Å². The Morgan fingerprint density at radius 3 is 2.72 bits per heavy atom. The van der Waals surface area contributed by atoms with Crippen molar-refractivity contribution in [2.45, 2.75) is 18.9 Å². The van der Waals surface area contributed by atoms with E-state index >= 15 is 0 Å². The predicted molar refractivity (Wildman–Crippen MR) is 155 cm³/mol. The number of methoxy groups -OCH3 is 1. The summed E-state index contributed by atoms with van der Waals surface area (Å²) < 4.78 is 8.78. The molecule has 0 saturated heterocycles. The third kappa shape index (κ3) is 4.04. The lowest BCUT2D eigenvalue weighted by Crippen LogP contribution is -2.38. The zero-order valence-electron chi connectivity index (χ0n) is 19.1. The fourth-order valence-corrected chi connectivity index (χ4v) is 7.22. The largest absolute Gasteiger partial charge is 0.496 e. The van der Waals surface area contributed by atoms with Crippen molar-refractivity contribution in [3.63, 3.8) is 0 Å². The molecule has 2 aliphatic rings. The second-order valence-electron chi connectivity index (χ2n) is 8.67. The molecule has 0 amide bonds. The molecule has 0 saturated carbocycles. The lowest BCUT2D eigenvalue weighted by molar-refractivity contribution is 0.412. The van der Waals surface area contributed by atoms with Crippen molar-refractivity contribution in [1.82, 2.24) is 4.57 Å². The average molecular weight is 645 g/mol. The van der Waals surface area contributed by atoms with Crippen molar-refractivity contribution in [2.24, 2.45) is 4.99 Å². The molecular weight excluding hydrogens is 626 g/mol. The van der Waals surface area contributed by atoms with E-state index in [4.69, 9.17) is 32.9 Å². The number of aryl methyl sites for hydroxylation is 1. The molecule has 1 aliphatic carbocycles. The highest BCUT2D eigenvalue weighted by molar-refractivity contribution is 14.1. The molecule has 1 aromatic heterocycles. The molecule has 4 nitrogen and oxygen atoms in total. The Kier molecular flexibility index (Phi) is 6.32. The molecule has 4 aromatic rings. The van der Waals surface area contributed by atoms with E-state index in [2.05, 4.69) is 40.8 Å². The average Bonchev–Trinajstić information content (AvgIpc) is 3.17. The van der Waals surface area contributed by atoms with E-state index in [0.29, 0.717) is 19.4 Å². The third-order valence-corrected chi connectivity index (χ3v) is 8.99. The number of thiazole rings is 1. The first-order chi connectivity index (χ1) is 17.4. The van der Waals surface area contributed by atoms with Gasteiger partial charge in [0.05, 0.1) is 27.0 Å². The van der Waals surface area contributed by atoms with Crippen LogP contribution < -0.4 is 19.6 Å². The summed E-state index contributed by atoms with van der Waals surface area (Å²) in [4.78, 5) is 19.6. The Morgan fingerprint density at radius 2 is 1.94 bits per heavy atom. The summed E-state index contributed by atoms with van der Waals surface area (Å²) in [6, 6.07) is 19.4. The van der Waals surface area contributed by atoms with Crippen LogP contribution in [0.15, 0.2) is 76.0 Å². The summed E-state index contributed by atoms with van der Waals surface area (Å²) in [5, 5.41) is 1.10. The van der Waals surface area contributed by atoms with Crippen LogP contribution in [0.4, 0.5) is 0 Å². The molecule has 1 aliphatic heterocycles. The maximum Gasteiger partial charge on any atom is 0.271 e. The van der Waals surface area contributed by atoms with Gasteiger partial charge in [0.25, 0.3) is 5.56 Å². The number of aromatic nitrogens is 1. The van der Waals surface area contributed by atoms with Crippen LogP contribution in [0.3, 0.4) is 0 Å². The summed E-state index contributed by atoms with van der Waals surface area (Å²) >= 11 is 16.6. The lowest BCUT2D eigenvalue weighted by Gasteiger charge is -2.31. The minimum atomic E-state index is -0.340. The summed E-state index contributed by atoms with van der Waals surface area (Å²) in [6.45, 7) is 0. The van der Waals surface area contributed by atoms with Crippen LogP contribution in [0.25, 0.3) is 11.8 Å². The van der Waals surface area contributed by atoms with Gasteiger partial charge in [-0.2, -0.15) is 0 Å². The summed E-state index contributed by atoms with van der Waals surface area (Å²) in [5.74, 6) is 0.804. The molecule has 1 atom stereocenters. The van der Waals surface area contributed by atoms with Gasteiger partial charge in [0.2, 0.25) is 0 Å². The van der Waals surface area contributed by atoms with E-state index in [0.717, 1.165) is 50.1 Å². The van der Waals surface area contributed by atoms with E-state index in [-0.39, 0.29) is 11.6 Å². The number of halogens is 3. The van der Waals surface area contributed by atoms with Crippen molar-refractivity contribution in [3.8, 4) is 5.75 Å². The normalized spacial score (nSPS) is 16.8. The molecule has 180 valence electrons. The fourth-order valence-electron chi connectivity index (χ4n) is 4.95. The Bertz CT molecular complexity index is 1760. The Hall–Kier alpha value is -2.39. The van der Waals surface area contributed by atoms with Crippen LogP contribution in [0, 0.1) is 3.57 Å². The quantitative estimate of drug-likeness (QED) is 0.248. The van der Waals surface area contributed by atoms with Gasteiger partial charge in [-0.05, 0) is 88.0 Å². The molecule has 6 rings (SSSR count). The Labute approximate surface area is 235 Å². The highest BCUT2D eigenvalue weighted by Gasteiger charge is 2.33. The van der Waals surface area contributed by atoms with E-state index < -0.39 is 0 Å². The zero-order valence-corrected chi connectivity index (χ0v) is 23.6. The molecule has 36 heavy (non-hydrogen) atoms. The molecule has 0 radical (unpaired) electrons. The molecule has 0 fully saturated rings. The molecule has 0 spiro atoms. The molecule has 8 heteroatoms. The number of allylic oxidation sites excluding steroid dienone is 1. The number of rotatable bonds is 3. The summed E-state index contributed by atoms with van der Waals surface area (Å²) in [7, 11) is 1.65. The van der Waals surface area contributed by atoms with Gasteiger partial charge in [0.1, 0.15) is 5.75 Å². The van der Waals surface area contributed by atoms with Gasteiger partial charge in [-0.1, -0.05) is 70.9 Å². The maximum atomic E-state index is 13.9. The predicted octanol–water partition coefficient (Wildman–Crippen LogP) is 6.24. The minimum Gasteiger partial charge on any atom is -0.496 e. The number of fused-ring (bicyclic) bond motifs is 3. The summed E-state index contributed by atoms with van der Waals surface area (Å²) in [5.41, 5.74) is 6.15. The number of benzene rings is 3. The van der Waals surface area contributed by atoms with Gasteiger partial charge >= 0.3 is 0 Å². The van der Waals surface area contributed by atoms with Crippen molar-refractivity contribution >= 4 is 68.9 Å². The highest BCUT2D eigenvalue weighted by Crippen LogP contribution is 2.43. The number of hydrogen-bond acceptors (Lipinski definition) is 4. The molecular formula is C28H19Cl2IN2O2S. The molecule has 0 N–H and O–H groups in total. The van der Waals surface area contributed by atoms with E-state index in [1.54, 1.807) is 17.7 Å². The van der Waals surface area contributed by atoms with Crippen LogP contribution in [-0.2, 0) is 6.42 Å². The first-order valence-corrected chi connectivity index (χ1v) is 14.0. The smallest absolute Gasteiger partial charge is 0.271 e. The van der Waals surface area contributed by atoms with Gasteiger partial charge < -0.3 is 4.74 Å². The number of ether oxygens (including phenoxy) is 1. The van der Waals surface area contributed by atoms with Crippen LogP contribution >= 0.6 is 57.1 Å². The Balaban J connectivity index is 1.61. The first kappa shape index (κ1) is 24.0. The maximum absolute atomic E-state index is 13.9. The standard InChI is InChI=1S/C28H19Cl2IN2O2S/c1-35-23-11-6-15(12-22(23)31)13-24-27(34)33-26(19-10-8-17(29)14-21(19)30)20-9-7-16-4-2-3-5-18(16)25(20)32-28(33)36-24/h2-6,8,10-14,26H,7,9H2,1H3. The minimum absolute atomic E-state index is 0.0778. The molecule has 3 aromatic carbocycles. The van der Waals surface area contributed by atoms with E-state index in [1.165, 1.54) is 16.9 Å². The lowest BCUT2D eigenvalue weighted by atomic mass is 9.83. The van der Waals surface area contributed by atoms with Crippen LogP contribution in [0.5, 0.6) is 5.75 Å². The van der Waals surface area contributed by atoms with Gasteiger partial charge in [0.15, 0.2) is 4.80 Å². The van der Waals surface area contributed by atoms with Crippen molar-refractivity contribution in [3.05, 3.63) is 122 Å². The summed E-state index contributed by atoms with van der Waals surface area (Å²) in [6.07, 6.45) is 3.61. The van der Waals surface area contributed by atoms with Crippen LogP contribution in [-0.4, -0.2) is 11.7 Å². The molecule has 1 unspecified atom stereocenters. The second-order valence-corrected chi connectivity index (χ2v) is 11.7. The Morgan fingerprint density at radius 1 is 1.11 bits per heavy atom.